The van der Waals surface area contributed by atoms with Gasteiger partial charge in [0, 0.05) is 11.1 Å². The Labute approximate surface area is 68.6 Å². The van der Waals surface area contributed by atoms with Crippen LogP contribution in [-0.4, -0.2) is 15.2 Å². The van der Waals surface area contributed by atoms with Gasteiger partial charge in [-0.1, -0.05) is 0 Å². The molecule has 0 aliphatic rings. The highest BCUT2D eigenvalue weighted by atomic mass is 16.1. The maximum Gasteiger partial charge on any atom is 0.288 e. The van der Waals surface area contributed by atoms with Crippen LogP contribution in [0.2, 0.25) is 0 Å². The average Bonchev–Trinajstić information content (AvgIpc) is 2.32. The molecule has 2 rings (SSSR count). The van der Waals surface area contributed by atoms with Crippen molar-refractivity contribution in [3.63, 3.8) is 0 Å². The molecule has 0 aromatic carbocycles. The monoisotopic (exact) mass is 163 g/mol. The van der Waals surface area contributed by atoms with E-state index < -0.39 is 0 Å². The number of aryl methyl sites for hydroxylation is 2. The fraction of sp³-hybridized carbons (Fsp3) is 0.250. The Morgan fingerprint density at radius 1 is 1.42 bits per heavy atom. The highest BCUT2D eigenvalue weighted by Gasteiger charge is 2.05. The Balaban J connectivity index is 3.05. The summed E-state index contributed by atoms with van der Waals surface area (Å²) >= 11 is 0. The van der Waals surface area contributed by atoms with Gasteiger partial charge in [0.25, 0.3) is 5.56 Å². The molecule has 0 aliphatic carbocycles. The van der Waals surface area contributed by atoms with E-state index in [1.165, 1.54) is 0 Å². The maximum absolute atomic E-state index is 11.2. The van der Waals surface area contributed by atoms with E-state index in [-0.39, 0.29) is 5.56 Å². The van der Waals surface area contributed by atoms with E-state index in [0.717, 1.165) is 16.6 Å². The summed E-state index contributed by atoms with van der Waals surface area (Å²) in [5.41, 5.74) is 2.55. The lowest BCUT2D eigenvalue weighted by Crippen LogP contribution is -2.06. The summed E-state index contributed by atoms with van der Waals surface area (Å²) in [5.74, 6) is 0. The van der Waals surface area contributed by atoms with Crippen molar-refractivity contribution < 1.29 is 0 Å². The first-order chi connectivity index (χ1) is 5.70. The molecule has 2 N–H and O–H groups in total. The van der Waals surface area contributed by atoms with Gasteiger partial charge in [-0.15, -0.1) is 0 Å². The van der Waals surface area contributed by atoms with Gasteiger partial charge in [0.15, 0.2) is 0 Å². The largest absolute Gasteiger partial charge is 0.354 e. The molecule has 0 saturated heterocycles. The molecule has 0 radical (unpaired) electrons. The van der Waals surface area contributed by atoms with Crippen molar-refractivity contribution in [2.45, 2.75) is 13.8 Å². The van der Waals surface area contributed by atoms with Crippen LogP contribution in [0.1, 0.15) is 11.3 Å². The van der Waals surface area contributed by atoms with Crippen molar-refractivity contribution in [1.82, 2.24) is 15.2 Å². The van der Waals surface area contributed by atoms with Gasteiger partial charge in [-0.25, -0.2) is 5.10 Å². The number of rotatable bonds is 0. The molecular formula is C8H9N3O. The van der Waals surface area contributed by atoms with Gasteiger partial charge in [0.05, 0.1) is 6.20 Å². The third-order valence-electron chi connectivity index (χ3n) is 2.14. The Morgan fingerprint density at radius 2 is 2.17 bits per heavy atom. The Bertz CT molecular complexity index is 480. The molecular weight excluding hydrogens is 154 g/mol. The van der Waals surface area contributed by atoms with Crippen LogP contribution < -0.4 is 5.56 Å². The second-order valence-electron chi connectivity index (χ2n) is 2.86. The lowest BCUT2D eigenvalue weighted by atomic mass is 10.2. The number of nitrogens with one attached hydrogen (secondary N) is 2. The number of aromatic amines is 2. The fourth-order valence-corrected chi connectivity index (χ4v) is 1.29. The van der Waals surface area contributed by atoms with Crippen LogP contribution in [0.5, 0.6) is 0 Å². The summed E-state index contributed by atoms with van der Waals surface area (Å²) in [6.45, 7) is 3.91. The van der Waals surface area contributed by atoms with Gasteiger partial charge < -0.3 is 4.98 Å². The van der Waals surface area contributed by atoms with E-state index >= 15 is 0 Å². The van der Waals surface area contributed by atoms with Gasteiger partial charge in [-0.05, 0) is 19.4 Å². The fourth-order valence-electron chi connectivity index (χ4n) is 1.29. The van der Waals surface area contributed by atoms with Gasteiger partial charge in [-0.2, -0.15) is 5.10 Å². The zero-order valence-electron chi connectivity index (χ0n) is 6.93. The van der Waals surface area contributed by atoms with Crippen molar-refractivity contribution >= 4 is 10.9 Å². The molecule has 2 aromatic rings. The molecule has 0 aliphatic heterocycles. The average molecular weight is 163 g/mol. The van der Waals surface area contributed by atoms with Crippen molar-refractivity contribution in [1.29, 1.82) is 0 Å². The van der Waals surface area contributed by atoms with E-state index in [9.17, 15) is 4.79 Å². The van der Waals surface area contributed by atoms with Gasteiger partial charge in [0.2, 0.25) is 0 Å². The Hall–Kier alpha value is -1.58. The smallest absolute Gasteiger partial charge is 0.288 e. The quantitative estimate of drug-likeness (QED) is 0.605. The minimum absolute atomic E-state index is 0.163. The number of hydrogen-bond acceptors (Lipinski definition) is 2. The number of H-pyrrole nitrogens is 2. The highest BCUT2D eigenvalue weighted by molar-refractivity contribution is 5.82. The second-order valence-corrected chi connectivity index (χ2v) is 2.86. The molecule has 0 saturated carbocycles. The predicted molar refractivity (Wildman–Crippen MR) is 46.2 cm³/mol. The number of nitrogens with zero attached hydrogens (tertiary/aromatic N) is 1. The van der Waals surface area contributed by atoms with Crippen LogP contribution in [0.15, 0.2) is 11.0 Å². The minimum atomic E-state index is -0.163. The lowest BCUT2D eigenvalue weighted by Gasteiger charge is -1.87. The predicted octanol–water partition coefficient (Wildman–Crippen LogP) is 0.868. The van der Waals surface area contributed by atoms with Gasteiger partial charge in [-0.3, -0.25) is 4.79 Å². The van der Waals surface area contributed by atoms with Crippen molar-refractivity contribution in [2.75, 3.05) is 0 Å². The summed E-state index contributed by atoms with van der Waals surface area (Å²) in [4.78, 5) is 14.2. The molecule has 4 nitrogen and oxygen atoms in total. The van der Waals surface area contributed by atoms with Crippen molar-refractivity contribution in [3.05, 3.63) is 27.8 Å². The minimum Gasteiger partial charge on any atom is -0.354 e. The first-order valence-corrected chi connectivity index (χ1v) is 3.72. The highest BCUT2D eigenvalue weighted by Crippen LogP contribution is 2.15. The van der Waals surface area contributed by atoms with Crippen molar-refractivity contribution in [3.8, 4) is 0 Å². The number of aromatic nitrogens is 3. The standard InChI is InChI=1S/C8H9N3O/c1-4-5(2)10-7-6(4)3-9-11-8(7)12/h3,10H,1-2H3,(H,11,12). The summed E-state index contributed by atoms with van der Waals surface area (Å²) in [7, 11) is 0. The van der Waals surface area contributed by atoms with E-state index in [1.54, 1.807) is 6.20 Å². The first kappa shape index (κ1) is 7.09. The molecule has 0 amide bonds. The Morgan fingerprint density at radius 3 is 2.83 bits per heavy atom. The second kappa shape index (κ2) is 2.20. The molecule has 2 heterocycles. The topological polar surface area (TPSA) is 61.5 Å². The molecule has 0 unspecified atom stereocenters. The van der Waals surface area contributed by atoms with E-state index in [0.29, 0.717) is 5.52 Å². The first-order valence-electron chi connectivity index (χ1n) is 3.72. The maximum atomic E-state index is 11.2. The summed E-state index contributed by atoms with van der Waals surface area (Å²) in [6.07, 6.45) is 1.66. The molecule has 4 heteroatoms. The molecule has 0 atom stereocenters. The van der Waals surface area contributed by atoms with Crippen LogP contribution in [0, 0.1) is 13.8 Å². The van der Waals surface area contributed by atoms with Crippen molar-refractivity contribution in [2.24, 2.45) is 0 Å². The summed E-state index contributed by atoms with van der Waals surface area (Å²) in [5, 5.41) is 7.01. The molecule has 12 heavy (non-hydrogen) atoms. The molecule has 0 fully saturated rings. The lowest BCUT2D eigenvalue weighted by molar-refractivity contribution is 1.01. The van der Waals surface area contributed by atoms with Gasteiger partial charge >= 0.3 is 0 Å². The normalized spacial score (nSPS) is 10.8. The van der Waals surface area contributed by atoms with Crippen LogP contribution in [0.4, 0.5) is 0 Å². The van der Waals surface area contributed by atoms with Crippen LogP contribution in [0.3, 0.4) is 0 Å². The molecule has 0 spiro atoms. The van der Waals surface area contributed by atoms with E-state index in [2.05, 4.69) is 15.2 Å². The van der Waals surface area contributed by atoms with Crippen LogP contribution >= 0.6 is 0 Å². The molecule has 62 valence electrons. The van der Waals surface area contributed by atoms with Crippen LogP contribution in [0.25, 0.3) is 10.9 Å². The number of fused-ring (bicyclic) bond motifs is 1. The SMILES string of the molecule is Cc1[nH]c2c(=O)[nH]ncc2c1C. The van der Waals surface area contributed by atoms with E-state index in [4.69, 9.17) is 0 Å². The Kier molecular flexibility index (Phi) is 1.30. The van der Waals surface area contributed by atoms with Crippen LogP contribution in [-0.2, 0) is 0 Å². The van der Waals surface area contributed by atoms with E-state index in [1.807, 2.05) is 13.8 Å². The third-order valence-corrected chi connectivity index (χ3v) is 2.14. The third kappa shape index (κ3) is 0.777. The number of hydrogen-bond donors (Lipinski definition) is 2. The summed E-state index contributed by atoms with van der Waals surface area (Å²) < 4.78 is 0. The summed E-state index contributed by atoms with van der Waals surface area (Å²) in [6, 6.07) is 0. The van der Waals surface area contributed by atoms with Gasteiger partial charge in [0.1, 0.15) is 5.52 Å². The zero-order chi connectivity index (χ0) is 8.72. The molecule has 0 bridgehead atoms. The zero-order valence-corrected chi connectivity index (χ0v) is 6.93. The molecule has 2 aromatic heterocycles.